The molecular weight excluding hydrogens is 495 g/mol. The molecule has 3 aromatic rings. The molecule has 1 aromatic carbocycles. The second-order valence-corrected chi connectivity index (χ2v) is 10.4. The van der Waals surface area contributed by atoms with Crippen molar-refractivity contribution < 1.29 is 13.9 Å². The van der Waals surface area contributed by atoms with E-state index in [2.05, 4.69) is 27.1 Å². The van der Waals surface area contributed by atoms with Gasteiger partial charge >= 0.3 is 0 Å². The molecule has 2 aromatic heterocycles. The number of aliphatic imine (C=N–C) groups is 1. The standard InChI is InChI=1S/C30H35FN6O2/c1-6-27(35-25(17-36(3)4)18(2)19-7-8-21(13-19)39-5)34-24-10-9-22(23-15-33-30(38)29(23)24)26-16-32-28-14-20(31)11-12-37(26)28/h6,9-12,14,16,19,21,34H,2,7-8,13,15,17H2,1,3-5H3,(H,33,38)/b27-6-,35-25?/t19-,21-/m0/s1. The summed E-state index contributed by atoms with van der Waals surface area (Å²) in [7, 11) is 5.80. The number of hydrogen-bond donors (Lipinski definition) is 2. The van der Waals surface area contributed by atoms with Crippen LogP contribution in [0.15, 0.2) is 65.7 Å². The lowest BCUT2D eigenvalue weighted by Crippen LogP contribution is -2.26. The van der Waals surface area contributed by atoms with Crippen LogP contribution in [-0.4, -0.2) is 59.8 Å². The Balaban J connectivity index is 1.47. The average Bonchev–Trinajstić information content (AvgIpc) is 3.66. The fourth-order valence-corrected chi connectivity index (χ4v) is 5.51. The number of pyridine rings is 1. The van der Waals surface area contributed by atoms with Gasteiger partial charge in [-0.2, -0.15) is 0 Å². The number of benzene rings is 1. The van der Waals surface area contributed by atoms with Gasteiger partial charge in [0.2, 0.25) is 0 Å². The molecule has 1 saturated carbocycles. The number of imidazole rings is 1. The molecule has 0 spiro atoms. The number of methoxy groups -OCH3 is 1. The summed E-state index contributed by atoms with van der Waals surface area (Å²) in [6.45, 7) is 7.40. The summed E-state index contributed by atoms with van der Waals surface area (Å²) in [5.74, 6) is 0.487. The van der Waals surface area contributed by atoms with Crippen LogP contribution in [0.1, 0.15) is 42.1 Å². The number of ether oxygens (including phenoxy) is 1. The lowest BCUT2D eigenvalue weighted by molar-refractivity contribution is 0.0966. The van der Waals surface area contributed by atoms with Crippen LogP contribution in [0.3, 0.4) is 0 Å². The van der Waals surface area contributed by atoms with E-state index in [1.807, 2.05) is 43.6 Å². The van der Waals surface area contributed by atoms with Gasteiger partial charge in [-0.1, -0.05) is 12.6 Å². The van der Waals surface area contributed by atoms with Crippen LogP contribution in [0.2, 0.25) is 0 Å². The number of rotatable bonds is 9. The van der Waals surface area contributed by atoms with Crippen molar-refractivity contribution in [3.63, 3.8) is 0 Å². The van der Waals surface area contributed by atoms with E-state index in [0.29, 0.717) is 41.7 Å². The second kappa shape index (κ2) is 11.1. The first kappa shape index (κ1) is 26.8. The first-order valence-electron chi connectivity index (χ1n) is 13.2. The number of carbonyl (C=O) groups is 1. The van der Waals surface area contributed by atoms with Gasteiger partial charge in [-0.25, -0.2) is 14.4 Å². The van der Waals surface area contributed by atoms with Crippen molar-refractivity contribution in [2.24, 2.45) is 10.9 Å². The van der Waals surface area contributed by atoms with Crippen LogP contribution in [0.25, 0.3) is 16.9 Å². The lowest BCUT2D eigenvalue weighted by Gasteiger charge is -2.20. The third-order valence-corrected chi connectivity index (χ3v) is 7.56. The molecule has 1 aliphatic carbocycles. The summed E-state index contributed by atoms with van der Waals surface area (Å²) in [6.07, 6.45) is 8.54. The van der Waals surface area contributed by atoms with Crippen molar-refractivity contribution in [3.05, 3.63) is 77.7 Å². The summed E-state index contributed by atoms with van der Waals surface area (Å²) in [6, 6.07) is 6.64. The number of fused-ring (bicyclic) bond motifs is 2. The van der Waals surface area contributed by atoms with Crippen LogP contribution < -0.4 is 10.6 Å². The van der Waals surface area contributed by atoms with Gasteiger partial charge in [0, 0.05) is 38.0 Å². The van der Waals surface area contributed by atoms with Crippen LogP contribution in [0, 0.1) is 11.7 Å². The van der Waals surface area contributed by atoms with Crippen molar-refractivity contribution in [1.82, 2.24) is 19.6 Å². The lowest BCUT2D eigenvalue weighted by atomic mass is 9.94. The number of carbonyl (C=O) groups excluding carboxylic acids is 1. The topological polar surface area (TPSA) is 83.3 Å². The average molecular weight is 531 g/mol. The Kier molecular flexibility index (Phi) is 7.63. The van der Waals surface area contributed by atoms with Crippen LogP contribution in [0.5, 0.6) is 0 Å². The fraction of sp³-hybridized carbons (Fsp3) is 0.367. The van der Waals surface area contributed by atoms with Crippen LogP contribution >= 0.6 is 0 Å². The van der Waals surface area contributed by atoms with E-state index in [1.54, 1.807) is 19.5 Å². The smallest absolute Gasteiger partial charge is 0.254 e. The number of nitrogens with zero attached hydrogens (tertiary/aromatic N) is 4. The largest absolute Gasteiger partial charge is 0.381 e. The Labute approximate surface area is 228 Å². The van der Waals surface area contributed by atoms with Gasteiger partial charge in [-0.05, 0) is 75.5 Å². The number of halogens is 1. The van der Waals surface area contributed by atoms with E-state index >= 15 is 0 Å². The van der Waals surface area contributed by atoms with Gasteiger partial charge < -0.3 is 20.3 Å². The Bertz CT molecular complexity index is 1490. The summed E-state index contributed by atoms with van der Waals surface area (Å²) < 4.78 is 21.1. The minimum atomic E-state index is -0.344. The molecule has 5 rings (SSSR count). The van der Waals surface area contributed by atoms with Crippen molar-refractivity contribution in [2.75, 3.05) is 33.1 Å². The molecule has 9 heteroatoms. The molecular formula is C30H35FN6O2. The highest BCUT2D eigenvalue weighted by atomic mass is 19.1. The first-order valence-corrected chi connectivity index (χ1v) is 13.2. The molecule has 0 saturated heterocycles. The highest BCUT2D eigenvalue weighted by molar-refractivity contribution is 6.06. The molecule has 0 bridgehead atoms. The Morgan fingerprint density at radius 2 is 2.18 bits per heavy atom. The molecule has 1 fully saturated rings. The molecule has 1 aliphatic heterocycles. The zero-order chi connectivity index (χ0) is 27.7. The Morgan fingerprint density at radius 3 is 2.90 bits per heavy atom. The fourth-order valence-electron chi connectivity index (χ4n) is 5.51. The minimum Gasteiger partial charge on any atom is -0.381 e. The second-order valence-electron chi connectivity index (χ2n) is 10.4. The highest BCUT2D eigenvalue weighted by Gasteiger charge is 2.30. The quantitative estimate of drug-likeness (QED) is 0.379. The van der Waals surface area contributed by atoms with Crippen LogP contribution in [-0.2, 0) is 11.3 Å². The summed E-state index contributed by atoms with van der Waals surface area (Å²) in [5, 5.41) is 6.35. The zero-order valence-electron chi connectivity index (χ0n) is 22.9. The molecule has 39 heavy (non-hydrogen) atoms. The molecule has 2 aliphatic rings. The molecule has 1 amide bonds. The third-order valence-electron chi connectivity index (χ3n) is 7.56. The maximum Gasteiger partial charge on any atom is 0.254 e. The first-order chi connectivity index (χ1) is 18.8. The number of nitrogens with one attached hydrogen (secondary N) is 2. The van der Waals surface area contributed by atoms with Gasteiger partial charge in [-0.15, -0.1) is 0 Å². The number of allylic oxidation sites excluding steroid dienone is 1. The molecule has 204 valence electrons. The number of anilines is 1. The molecule has 2 N–H and O–H groups in total. The molecule has 0 radical (unpaired) electrons. The van der Waals surface area contributed by atoms with E-state index in [9.17, 15) is 9.18 Å². The monoisotopic (exact) mass is 530 g/mol. The van der Waals surface area contributed by atoms with Crippen molar-refractivity contribution >= 4 is 23.0 Å². The molecule has 3 heterocycles. The van der Waals surface area contributed by atoms with Crippen molar-refractivity contribution in [1.29, 1.82) is 0 Å². The Hall–Kier alpha value is -3.82. The predicted molar refractivity (Wildman–Crippen MR) is 152 cm³/mol. The number of amides is 1. The zero-order valence-corrected chi connectivity index (χ0v) is 22.9. The highest BCUT2D eigenvalue weighted by Crippen LogP contribution is 2.36. The maximum absolute atomic E-state index is 13.7. The SMILES string of the molecule is C=C(C(CN(C)C)=N/C(=C\C)Nc1ccc(-c2cnc3cc(F)ccn23)c2c1C(=O)NC2)[C@H]1CC[C@H](OC)C1. The van der Waals surface area contributed by atoms with Gasteiger partial charge in [0.25, 0.3) is 5.91 Å². The summed E-state index contributed by atoms with van der Waals surface area (Å²) in [5.41, 5.74) is 6.24. The molecule has 8 nitrogen and oxygen atoms in total. The third kappa shape index (κ3) is 5.37. The van der Waals surface area contributed by atoms with Gasteiger partial charge in [0.15, 0.2) is 0 Å². The normalized spacial score (nSPS) is 19.6. The predicted octanol–water partition coefficient (Wildman–Crippen LogP) is 5.03. The van der Waals surface area contributed by atoms with E-state index in [0.717, 1.165) is 47.4 Å². The van der Waals surface area contributed by atoms with Crippen molar-refractivity contribution in [3.8, 4) is 11.3 Å². The number of hydrogen-bond acceptors (Lipinski definition) is 6. The van der Waals surface area contributed by atoms with Crippen molar-refractivity contribution in [2.45, 2.75) is 38.8 Å². The summed E-state index contributed by atoms with van der Waals surface area (Å²) >= 11 is 0. The Morgan fingerprint density at radius 1 is 1.36 bits per heavy atom. The van der Waals surface area contributed by atoms with E-state index in [-0.39, 0.29) is 17.8 Å². The van der Waals surface area contributed by atoms with E-state index in [4.69, 9.17) is 9.73 Å². The van der Waals surface area contributed by atoms with E-state index < -0.39 is 0 Å². The molecule has 2 atom stereocenters. The van der Waals surface area contributed by atoms with E-state index in [1.165, 1.54) is 12.1 Å². The van der Waals surface area contributed by atoms with Gasteiger partial charge in [0.05, 0.1) is 35.0 Å². The summed E-state index contributed by atoms with van der Waals surface area (Å²) in [4.78, 5) is 24.4. The van der Waals surface area contributed by atoms with Crippen LogP contribution in [0.4, 0.5) is 10.1 Å². The van der Waals surface area contributed by atoms with Gasteiger partial charge in [0.1, 0.15) is 17.3 Å². The van der Waals surface area contributed by atoms with Gasteiger partial charge in [-0.3, -0.25) is 9.20 Å². The maximum atomic E-state index is 13.7. The number of aromatic nitrogens is 2. The minimum absolute atomic E-state index is 0.150. The molecule has 0 unspecified atom stereocenters.